The van der Waals surface area contributed by atoms with Gasteiger partial charge in [-0.1, -0.05) is 28.1 Å². The SMILES string of the molecule is Cc1cccc(C(=O)N2CCC(Br)C2)c1I. The van der Waals surface area contributed by atoms with Gasteiger partial charge in [-0.05, 0) is 47.6 Å². The average molecular weight is 394 g/mol. The number of benzene rings is 1. The molecule has 1 aromatic carbocycles. The average Bonchev–Trinajstić information content (AvgIpc) is 2.68. The highest BCUT2D eigenvalue weighted by atomic mass is 127. The van der Waals surface area contributed by atoms with Gasteiger partial charge in [-0.3, -0.25) is 4.79 Å². The molecule has 2 nitrogen and oxygen atoms in total. The summed E-state index contributed by atoms with van der Waals surface area (Å²) in [5, 5.41) is 0. The second kappa shape index (κ2) is 5.04. The second-order valence-corrected chi connectivity index (χ2v) is 6.45. The molecule has 1 aliphatic heterocycles. The van der Waals surface area contributed by atoms with Crippen LogP contribution in [0.2, 0.25) is 0 Å². The van der Waals surface area contributed by atoms with Gasteiger partial charge in [0.1, 0.15) is 0 Å². The van der Waals surface area contributed by atoms with Crippen molar-refractivity contribution in [3.8, 4) is 0 Å². The summed E-state index contributed by atoms with van der Waals surface area (Å²) in [4.78, 5) is 14.7. The molecule has 0 bridgehead atoms. The fourth-order valence-electron chi connectivity index (χ4n) is 1.89. The molecule has 2 rings (SSSR count). The Labute approximate surface area is 118 Å². The second-order valence-electron chi connectivity index (χ2n) is 4.07. The number of carbonyl (C=O) groups excluding carboxylic acids is 1. The fourth-order valence-corrected chi connectivity index (χ4v) is 3.03. The van der Waals surface area contributed by atoms with E-state index < -0.39 is 0 Å². The van der Waals surface area contributed by atoms with E-state index in [1.165, 1.54) is 5.56 Å². The van der Waals surface area contributed by atoms with E-state index in [4.69, 9.17) is 0 Å². The molecule has 0 spiro atoms. The molecular formula is C12H13BrINO. The first-order chi connectivity index (χ1) is 7.59. The lowest BCUT2D eigenvalue weighted by Gasteiger charge is -2.17. The number of hydrogen-bond acceptors (Lipinski definition) is 1. The van der Waals surface area contributed by atoms with E-state index in [0.29, 0.717) is 4.83 Å². The number of rotatable bonds is 1. The summed E-state index contributed by atoms with van der Waals surface area (Å²) in [6, 6.07) is 5.90. The molecule has 1 unspecified atom stereocenters. The molecule has 0 saturated carbocycles. The molecule has 4 heteroatoms. The Bertz CT molecular complexity index is 421. The van der Waals surface area contributed by atoms with Crippen LogP contribution in [0.4, 0.5) is 0 Å². The summed E-state index contributed by atoms with van der Waals surface area (Å²) in [6.07, 6.45) is 1.05. The maximum absolute atomic E-state index is 12.3. The van der Waals surface area contributed by atoms with Crippen molar-refractivity contribution in [2.45, 2.75) is 18.2 Å². The summed E-state index contributed by atoms with van der Waals surface area (Å²) in [5.41, 5.74) is 2.00. The number of carbonyl (C=O) groups is 1. The molecule has 86 valence electrons. The molecular weight excluding hydrogens is 381 g/mol. The first-order valence-corrected chi connectivity index (χ1v) is 7.27. The predicted molar refractivity (Wildman–Crippen MR) is 77.1 cm³/mol. The summed E-state index contributed by atoms with van der Waals surface area (Å²) >= 11 is 5.81. The zero-order valence-electron chi connectivity index (χ0n) is 9.04. The lowest BCUT2D eigenvalue weighted by Crippen LogP contribution is -2.29. The third-order valence-electron chi connectivity index (χ3n) is 2.84. The smallest absolute Gasteiger partial charge is 0.254 e. The Morgan fingerprint density at radius 1 is 1.56 bits per heavy atom. The quantitative estimate of drug-likeness (QED) is 0.530. The lowest BCUT2D eigenvalue weighted by atomic mass is 10.1. The number of halogens is 2. The van der Waals surface area contributed by atoms with Crippen LogP contribution in [0.3, 0.4) is 0 Å². The Morgan fingerprint density at radius 2 is 2.31 bits per heavy atom. The maximum atomic E-state index is 12.3. The summed E-state index contributed by atoms with van der Waals surface area (Å²) in [6.45, 7) is 3.72. The van der Waals surface area contributed by atoms with Crippen molar-refractivity contribution in [1.29, 1.82) is 0 Å². The van der Waals surface area contributed by atoms with Gasteiger partial charge in [-0.15, -0.1) is 0 Å². The van der Waals surface area contributed by atoms with Crippen LogP contribution >= 0.6 is 38.5 Å². The van der Waals surface area contributed by atoms with Crippen molar-refractivity contribution < 1.29 is 4.79 Å². The van der Waals surface area contributed by atoms with Crippen molar-refractivity contribution in [1.82, 2.24) is 4.90 Å². The van der Waals surface area contributed by atoms with E-state index >= 15 is 0 Å². The molecule has 0 aliphatic carbocycles. The van der Waals surface area contributed by atoms with E-state index in [0.717, 1.165) is 28.6 Å². The normalized spacial score (nSPS) is 20.2. The van der Waals surface area contributed by atoms with Crippen LogP contribution in [0.25, 0.3) is 0 Å². The van der Waals surface area contributed by atoms with Crippen molar-refractivity contribution >= 4 is 44.4 Å². The first kappa shape index (κ1) is 12.4. The number of likely N-dealkylation sites (tertiary alicyclic amines) is 1. The highest BCUT2D eigenvalue weighted by Crippen LogP contribution is 2.22. The van der Waals surface area contributed by atoms with Crippen molar-refractivity contribution in [2.75, 3.05) is 13.1 Å². The number of alkyl halides is 1. The van der Waals surface area contributed by atoms with Crippen LogP contribution in [0.15, 0.2) is 18.2 Å². The third kappa shape index (κ3) is 2.42. The van der Waals surface area contributed by atoms with E-state index in [2.05, 4.69) is 38.5 Å². The van der Waals surface area contributed by atoms with Crippen LogP contribution in [0, 0.1) is 10.5 Å². The van der Waals surface area contributed by atoms with E-state index in [-0.39, 0.29) is 5.91 Å². The van der Waals surface area contributed by atoms with Gasteiger partial charge in [0.15, 0.2) is 0 Å². The zero-order valence-corrected chi connectivity index (χ0v) is 12.8. The Hall–Kier alpha value is -0.100. The van der Waals surface area contributed by atoms with E-state index in [1.54, 1.807) is 0 Å². The number of aryl methyl sites for hydroxylation is 1. The minimum Gasteiger partial charge on any atom is -0.337 e. The molecule has 1 heterocycles. The van der Waals surface area contributed by atoms with Gasteiger partial charge in [-0.25, -0.2) is 0 Å². The molecule has 0 aromatic heterocycles. The Balaban J connectivity index is 2.24. The lowest BCUT2D eigenvalue weighted by molar-refractivity contribution is 0.0792. The first-order valence-electron chi connectivity index (χ1n) is 5.28. The van der Waals surface area contributed by atoms with Crippen molar-refractivity contribution in [2.24, 2.45) is 0 Å². The summed E-state index contributed by atoms with van der Waals surface area (Å²) in [7, 11) is 0. The summed E-state index contributed by atoms with van der Waals surface area (Å²) in [5.74, 6) is 0.162. The van der Waals surface area contributed by atoms with Gasteiger partial charge >= 0.3 is 0 Å². The van der Waals surface area contributed by atoms with Crippen molar-refractivity contribution in [3.63, 3.8) is 0 Å². The van der Waals surface area contributed by atoms with Crippen LogP contribution in [-0.2, 0) is 0 Å². The molecule has 1 fully saturated rings. The molecule has 1 amide bonds. The molecule has 1 saturated heterocycles. The summed E-state index contributed by atoms with van der Waals surface area (Å²) < 4.78 is 1.07. The van der Waals surface area contributed by atoms with Crippen molar-refractivity contribution in [3.05, 3.63) is 32.9 Å². The van der Waals surface area contributed by atoms with Gasteiger partial charge < -0.3 is 4.90 Å². The molecule has 0 radical (unpaired) electrons. The highest BCUT2D eigenvalue weighted by Gasteiger charge is 2.26. The Kier molecular flexibility index (Phi) is 3.89. The van der Waals surface area contributed by atoms with Gasteiger partial charge in [0.25, 0.3) is 5.91 Å². The maximum Gasteiger partial charge on any atom is 0.254 e. The monoisotopic (exact) mass is 393 g/mol. The van der Waals surface area contributed by atoms with Crippen LogP contribution in [0.5, 0.6) is 0 Å². The van der Waals surface area contributed by atoms with Gasteiger partial charge in [0.05, 0.1) is 5.56 Å². The van der Waals surface area contributed by atoms with Crippen LogP contribution < -0.4 is 0 Å². The molecule has 0 N–H and O–H groups in total. The third-order valence-corrected chi connectivity index (χ3v) is 5.02. The zero-order chi connectivity index (χ0) is 11.7. The molecule has 1 aromatic rings. The number of amides is 1. The van der Waals surface area contributed by atoms with Crippen LogP contribution in [0.1, 0.15) is 22.3 Å². The van der Waals surface area contributed by atoms with Gasteiger partial charge in [0.2, 0.25) is 0 Å². The van der Waals surface area contributed by atoms with Gasteiger partial charge in [-0.2, -0.15) is 0 Å². The number of hydrogen-bond donors (Lipinski definition) is 0. The minimum absolute atomic E-state index is 0.162. The standard InChI is InChI=1S/C12H13BrINO/c1-8-3-2-4-10(11(8)14)12(16)15-6-5-9(13)7-15/h2-4,9H,5-7H2,1H3. The molecule has 1 atom stereocenters. The van der Waals surface area contributed by atoms with Gasteiger partial charge in [0, 0.05) is 21.5 Å². The topological polar surface area (TPSA) is 20.3 Å². The Morgan fingerprint density at radius 3 is 2.94 bits per heavy atom. The van der Waals surface area contributed by atoms with E-state index in [9.17, 15) is 4.79 Å². The fraction of sp³-hybridized carbons (Fsp3) is 0.417. The number of nitrogens with zero attached hydrogens (tertiary/aromatic N) is 1. The minimum atomic E-state index is 0.162. The van der Waals surface area contributed by atoms with Crippen LogP contribution in [-0.4, -0.2) is 28.7 Å². The largest absolute Gasteiger partial charge is 0.337 e. The predicted octanol–water partition coefficient (Wildman–Crippen LogP) is 3.21. The molecule has 1 aliphatic rings. The molecule has 16 heavy (non-hydrogen) atoms. The highest BCUT2D eigenvalue weighted by molar-refractivity contribution is 14.1. The van der Waals surface area contributed by atoms with E-state index in [1.807, 2.05) is 30.0 Å².